The SMILES string of the molecule is CC(=O)C1CN(S(C)(=O)=O)CCN1[n+]1cc(=N)o[n-]1. The molecule has 9 nitrogen and oxygen atoms in total. The summed E-state index contributed by atoms with van der Waals surface area (Å²) in [6, 6.07) is -0.641. The number of piperazine rings is 1. The van der Waals surface area contributed by atoms with Gasteiger partial charge in [0.2, 0.25) is 10.0 Å². The highest BCUT2D eigenvalue weighted by Gasteiger charge is 2.34. The molecule has 0 radical (unpaired) electrons. The summed E-state index contributed by atoms with van der Waals surface area (Å²) in [5.74, 6) is -0.171. The highest BCUT2D eigenvalue weighted by molar-refractivity contribution is 7.88. The number of aromatic nitrogens is 2. The van der Waals surface area contributed by atoms with E-state index in [0.29, 0.717) is 6.54 Å². The van der Waals surface area contributed by atoms with Gasteiger partial charge in [-0.2, -0.15) is 0 Å². The van der Waals surface area contributed by atoms with Gasteiger partial charge in [-0.25, -0.2) is 12.7 Å². The Hall–Kier alpha value is -1.68. The van der Waals surface area contributed by atoms with Crippen LogP contribution < -0.4 is 20.6 Å². The standard InChI is InChI=1S/C9H15N5O4S/c1-7(15)8-5-12(19(2,16)17)3-4-13(8)14-6-9(10)18-11-14/h6,8,10H,3-5H2,1-2H3. The van der Waals surface area contributed by atoms with E-state index in [9.17, 15) is 13.2 Å². The molecule has 2 heterocycles. The van der Waals surface area contributed by atoms with E-state index < -0.39 is 16.1 Å². The smallest absolute Gasteiger partial charge is 0.286 e. The summed E-state index contributed by atoms with van der Waals surface area (Å²) in [6.45, 7) is 2.02. The maximum absolute atomic E-state index is 11.7. The predicted molar refractivity (Wildman–Crippen MR) is 62.0 cm³/mol. The van der Waals surface area contributed by atoms with Gasteiger partial charge in [-0.3, -0.25) is 15.2 Å². The van der Waals surface area contributed by atoms with Crippen molar-refractivity contribution in [1.29, 1.82) is 5.41 Å². The van der Waals surface area contributed by atoms with Crippen molar-refractivity contribution >= 4 is 15.8 Å². The molecular weight excluding hydrogens is 274 g/mol. The van der Waals surface area contributed by atoms with Crippen molar-refractivity contribution in [2.75, 3.05) is 30.9 Å². The van der Waals surface area contributed by atoms with Crippen LogP contribution in [0.15, 0.2) is 10.7 Å². The third kappa shape index (κ3) is 2.84. The largest absolute Gasteiger partial charge is 0.380 e. The molecular formula is C9H15N5O4S. The van der Waals surface area contributed by atoms with Gasteiger partial charge in [0.25, 0.3) is 11.8 Å². The molecule has 1 atom stereocenters. The molecule has 106 valence electrons. The number of Topliss-reactive ketones (excluding diaryl/α,β-unsaturated/α-hetero) is 1. The number of nitrogens with zero attached hydrogens (tertiary/aromatic N) is 4. The lowest BCUT2D eigenvalue weighted by molar-refractivity contribution is -0.766. The molecule has 10 heteroatoms. The predicted octanol–water partition coefficient (Wildman–Crippen LogP) is -2.83. The molecule has 1 aliphatic rings. The highest BCUT2D eigenvalue weighted by Crippen LogP contribution is 2.09. The van der Waals surface area contributed by atoms with E-state index in [4.69, 9.17) is 5.41 Å². The second kappa shape index (κ2) is 4.78. The molecule has 1 fully saturated rings. The zero-order chi connectivity index (χ0) is 14.2. The van der Waals surface area contributed by atoms with Crippen LogP contribution in [0.3, 0.4) is 0 Å². The van der Waals surface area contributed by atoms with Gasteiger partial charge in [0.05, 0.1) is 12.3 Å². The first-order valence-electron chi connectivity index (χ1n) is 5.62. The van der Waals surface area contributed by atoms with E-state index in [1.807, 2.05) is 0 Å². The number of rotatable bonds is 3. The second-order valence-electron chi connectivity index (χ2n) is 4.40. The molecule has 0 saturated carbocycles. The Kier molecular flexibility index (Phi) is 3.45. The Morgan fingerprint density at radius 2 is 2.26 bits per heavy atom. The van der Waals surface area contributed by atoms with E-state index in [-0.39, 0.29) is 24.4 Å². The molecule has 0 spiro atoms. The number of sulfonamides is 1. The molecule has 1 unspecified atom stereocenters. The number of hydrogen-bond acceptors (Lipinski definition) is 6. The minimum atomic E-state index is -3.33. The average Bonchev–Trinajstić information content (AvgIpc) is 2.73. The van der Waals surface area contributed by atoms with E-state index in [2.05, 4.69) is 9.79 Å². The van der Waals surface area contributed by atoms with Crippen LogP contribution in [-0.4, -0.2) is 50.4 Å². The third-order valence-electron chi connectivity index (χ3n) is 2.97. The average molecular weight is 289 g/mol. The molecule has 1 saturated heterocycles. The van der Waals surface area contributed by atoms with Gasteiger partial charge in [-0.1, -0.05) is 4.79 Å². The van der Waals surface area contributed by atoms with Crippen LogP contribution in [0.5, 0.6) is 0 Å². The number of ketones is 1. The summed E-state index contributed by atoms with van der Waals surface area (Å²) < 4.78 is 29.0. The summed E-state index contributed by atoms with van der Waals surface area (Å²) in [6.07, 6.45) is 2.44. The van der Waals surface area contributed by atoms with Gasteiger partial charge in [-0.15, -0.1) is 0 Å². The monoisotopic (exact) mass is 289 g/mol. The van der Waals surface area contributed by atoms with Gasteiger partial charge in [0.1, 0.15) is 5.78 Å². The first-order valence-corrected chi connectivity index (χ1v) is 7.46. The zero-order valence-corrected chi connectivity index (χ0v) is 11.4. The van der Waals surface area contributed by atoms with Gasteiger partial charge in [0.15, 0.2) is 0 Å². The molecule has 1 aromatic rings. The lowest BCUT2D eigenvalue weighted by Gasteiger charge is -2.39. The van der Waals surface area contributed by atoms with E-state index in [1.54, 1.807) is 5.01 Å². The van der Waals surface area contributed by atoms with Gasteiger partial charge >= 0.3 is 0 Å². The van der Waals surface area contributed by atoms with Crippen molar-refractivity contribution in [3.8, 4) is 0 Å². The minimum absolute atomic E-state index is 0.0708. The zero-order valence-electron chi connectivity index (χ0n) is 10.6. The maximum Gasteiger partial charge on any atom is 0.286 e. The fraction of sp³-hybridized carbons (Fsp3) is 0.667. The topological polar surface area (TPSA) is 113 Å². The summed E-state index contributed by atoms with van der Waals surface area (Å²) in [5, 5.41) is 12.5. The van der Waals surface area contributed by atoms with Crippen molar-refractivity contribution in [2.24, 2.45) is 0 Å². The van der Waals surface area contributed by atoms with Crippen molar-refractivity contribution in [3.63, 3.8) is 0 Å². The van der Waals surface area contributed by atoms with Crippen LogP contribution in [0, 0.1) is 5.41 Å². The number of carbonyl (C=O) groups excluding carboxylic acids is 1. The Morgan fingerprint density at radius 1 is 1.58 bits per heavy atom. The summed E-state index contributed by atoms with van der Waals surface area (Å²) in [7, 11) is -3.33. The van der Waals surface area contributed by atoms with Gasteiger partial charge in [-0.05, 0) is 12.2 Å². The minimum Gasteiger partial charge on any atom is -0.380 e. The molecule has 0 aliphatic carbocycles. The summed E-state index contributed by atoms with van der Waals surface area (Å²) in [5.41, 5.74) is -0.132. The lowest BCUT2D eigenvalue weighted by atomic mass is 10.1. The van der Waals surface area contributed by atoms with E-state index >= 15 is 0 Å². The van der Waals surface area contributed by atoms with Crippen LogP contribution in [0.1, 0.15) is 6.92 Å². The van der Waals surface area contributed by atoms with Crippen LogP contribution >= 0.6 is 0 Å². The Bertz CT molecular complexity index is 633. The van der Waals surface area contributed by atoms with Gasteiger partial charge < -0.3 is 4.52 Å². The first kappa shape index (κ1) is 13.7. The molecule has 2 rings (SSSR count). The van der Waals surface area contributed by atoms with Gasteiger partial charge in [0, 0.05) is 19.6 Å². The number of nitrogens with one attached hydrogen (secondary N) is 1. The Balaban J connectivity index is 2.27. The molecule has 19 heavy (non-hydrogen) atoms. The fourth-order valence-corrected chi connectivity index (χ4v) is 2.82. The van der Waals surface area contributed by atoms with Crippen LogP contribution in [0.4, 0.5) is 0 Å². The van der Waals surface area contributed by atoms with Crippen molar-refractivity contribution < 1.29 is 22.5 Å². The normalized spacial score (nSPS) is 21.6. The highest BCUT2D eigenvalue weighted by atomic mass is 32.2. The third-order valence-corrected chi connectivity index (χ3v) is 4.24. The molecule has 0 aromatic carbocycles. The molecule has 0 bridgehead atoms. The molecule has 1 aliphatic heterocycles. The Labute approximate surface area is 109 Å². The quantitative estimate of drug-likeness (QED) is 0.600. The molecule has 1 N–H and O–H groups in total. The Morgan fingerprint density at radius 3 is 2.74 bits per heavy atom. The first-order chi connectivity index (χ1) is 8.79. The van der Waals surface area contributed by atoms with E-state index in [1.165, 1.54) is 22.2 Å². The molecule has 0 amide bonds. The van der Waals surface area contributed by atoms with Crippen LogP contribution in [-0.2, 0) is 14.8 Å². The lowest BCUT2D eigenvalue weighted by Crippen LogP contribution is -2.72. The van der Waals surface area contributed by atoms with Crippen molar-refractivity contribution in [2.45, 2.75) is 13.0 Å². The summed E-state index contributed by atoms with van der Waals surface area (Å²) >= 11 is 0. The number of hydrogen-bond donors (Lipinski definition) is 1. The summed E-state index contributed by atoms with van der Waals surface area (Å²) in [4.78, 5) is 13.0. The number of carbonyl (C=O) groups is 1. The van der Waals surface area contributed by atoms with Crippen molar-refractivity contribution in [3.05, 3.63) is 11.8 Å². The van der Waals surface area contributed by atoms with Crippen molar-refractivity contribution in [1.82, 2.24) is 9.58 Å². The van der Waals surface area contributed by atoms with E-state index in [0.717, 1.165) is 6.26 Å². The fourth-order valence-electron chi connectivity index (χ4n) is 1.99. The van der Waals surface area contributed by atoms with Crippen LogP contribution in [0.25, 0.3) is 0 Å². The molecule has 1 aromatic heterocycles. The van der Waals surface area contributed by atoms with Crippen LogP contribution in [0.2, 0.25) is 0 Å². The maximum atomic E-state index is 11.7. The second-order valence-corrected chi connectivity index (χ2v) is 6.38.